The van der Waals surface area contributed by atoms with Crippen LogP contribution in [0.15, 0.2) is 24.3 Å². The molecule has 0 radical (unpaired) electrons. The zero-order valence-electron chi connectivity index (χ0n) is 12.1. The standard InChI is InChI=1S/C15H17F3N2O2/c1-10(21)19-13-4-2-11(3-5-13)12-6-8-20(9-7-12)14(22)15(16,17)18/h2-5,12H,6-9H2,1H3,(H,19,21). The Morgan fingerprint density at radius 2 is 1.68 bits per heavy atom. The molecule has 4 nitrogen and oxygen atoms in total. The monoisotopic (exact) mass is 314 g/mol. The van der Waals surface area contributed by atoms with Crippen molar-refractivity contribution >= 4 is 17.5 Å². The van der Waals surface area contributed by atoms with Crippen molar-refractivity contribution < 1.29 is 22.8 Å². The summed E-state index contributed by atoms with van der Waals surface area (Å²) in [6.07, 6.45) is -3.80. The fraction of sp³-hybridized carbons (Fsp3) is 0.467. The molecule has 2 rings (SSSR count). The molecule has 7 heteroatoms. The van der Waals surface area contributed by atoms with Gasteiger partial charge in [0.2, 0.25) is 5.91 Å². The highest BCUT2D eigenvalue weighted by molar-refractivity contribution is 5.88. The number of anilines is 1. The van der Waals surface area contributed by atoms with Gasteiger partial charge in [-0.2, -0.15) is 13.2 Å². The van der Waals surface area contributed by atoms with Gasteiger partial charge in [0.15, 0.2) is 0 Å². The third-order valence-electron chi connectivity index (χ3n) is 3.73. The molecule has 1 aromatic carbocycles. The predicted octanol–water partition coefficient (Wildman–Crippen LogP) is 2.91. The number of carbonyl (C=O) groups is 2. The summed E-state index contributed by atoms with van der Waals surface area (Å²) in [5, 5.41) is 2.66. The van der Waals surface area contributed by atoms with E-state index in [0.717, 1.165) is 10.5 Å². The fourth-order valence-corrected chi connectivity index (χ4v) is 2.64. The zero-order chi connectivity index (χ0) is 16.3. The van der Waals surface area contributed by atoms with Gasteiger partial charge in [0.05, 0.1) is 0 Å². The second kappa shape index (κ2) is 6.37. The highest BCUT2D eigenvalue weighted by Crippen LogP contribution is 2.30. The molecule has 1 aromatic rings. The first-order valence-corrected chi connectivity index (χ1v) is 7.01. The lowest BCUT2D eigenvalue weighted by Gasteiger charge is -2.32. The smallest absolute Gasteiger partial charge is 0.335 e. The van der Waals surface area contributed by atoms with Gasteiger partial charge >= 0.3 is 12.1 Å². The van der Waals surface area contributed by atoms with Gasteiger partial charge in [-0.15, -0.1) is 0 Å². The van der Waals surface area contributed by atoms with Crippen molar-refractivity contribution in [2.45, 2.75) is 31.9 Å². The van der Waals surface area contributed by atoms with Gasteiger partial charge in [0.25, 0.3) is 0 Å². The summed E-state index contributed by atoms with van der Waals surface area (Å²) in [5.74, 6) is -1.79. The van der Waals surface area contributed by atoms with Crippen LogP contribution in [0.5, 0.6) is 0 Å². The van der Waals surface area contributed by atoms with E-state index in [1.54, 1.807) is 12.1 Å². The van der Waals surface area contributed by atoms with E-state index in [0.29, 0.717) is 18.5 Å². The lowest BCUT2D eigenvalue weighted by Crippen LogP contribution is -2.45. The van der Waals surface area contributed by atoms with Crippen molar-refractivity contribution in [1.29, 1.82) is 0 Å². The maximum atomic E-state index is 12.4. The molecule has 2 amide bonds. The van der Waals surface area contributed by atoms with Crippen molar-refractivity contribution in [3.8, 4) is 0 Å². The van der Waals surface area contributed by atoms with E-state index in [4.69, 9.17) is 0 Å². The highest BCUT2D eigenvalue weighted by Gasteiger charge is 2.43. The number of amides is 2. The molecule has 1 fully saturated rings. The number of alkyl halides is 3. The van der Waals surface area contributed by atoms with Crippen molar-refractivity contribution in [2.24, 2.45) is 0 Å². The molecule has 0 saturated carbocycles. The van der Waals surface area contributed by atoms with Crippen molar-refractivity contribution in [1.82, 2.24) is 4.90 Å². The first kappa shape index (κ1) is 16.3. The Labute approximate surface area is 126 Å². The Balaban J connectivity index is 1.94. The number of hydrogen-bond acceptors (Lipinski definition) is 2. The third-order valence-corrected chi connectivity index (χ3v) is 3.73. The Hall–Kier alpha value is -2.05. The van der Waals surface area contributed by atoms with Crippen LogP contribution in [0.3, 0.4) is 0 Å². The Morgan fingerprint density at radius 1 is 1.14 bits per heavy atom. The summed E-state index contributed by atoms with van der Waals surface area (Å²) in [4.78, 5) is 23.0. The lowest BCUT2D eigenvalue weighted by atomic mass is 9.89. The quantitative estimate of drug-likeness (QED) is 0.912. The SMILES string of the molecule is CC(=O)Nc1ccc(C2CCN(C(=O)C(F)(F)F)CC2)cc1. The molecule has 1 saturated heterocycles. The van der Waals surface area contributed by atoms with Gasteiger partial charge in [-0.3, -0.25) is 9.59 Å². The topological polar surface area (TPSA) is 49.4 Å². The summed E-state index contributed by atoms with van der Waals surface area (Å²) in [6.45, 7) is 1.63. The normalized spacial score (nSPS) is 16.5. The van der Waals surface area contributed by atoms with Gasteiger partial charge in [-0.25, -0.2) is 0 Å². The van der Waals surface area contributed by atoms with E-state index in [2.05, 4.69) is 5.32 Å². The summed E-state index contributed by atoms with van der Waals surface area (Å²) in [7, 11) is 0. The number of carbonyl (C=O) groups excluding carboxylic acids is 2. The van der Waals surface area contributed by atoms with E-state index in [-0.39, 0.29) is 24.9 Å². The van der Waals surface area contributed by atoms with Gasteiger partial charge in [-0.05, 0) is 36.5 Å². The van der Waals surface area contributed by atoms with Crippen LogP contribution in [0.25, 0.3) is 0 Å². The summed E-state index contributed by atoms with van der Waals surface area (Å²) in [6, 6.07) is 7.25. The minimum absolute atomic E-state index is 0.108. The molecule has 120 valence electrons. The number of halogens is 3. The first-order valence-electron chi connectivity index (χ1n) is 7.01. The van der Waals surface area contributed by atoms with E-state index in [1.807, 2.05) is 12.1 Å². The van der Waals surface area contributed by atoms with Gasteiger partial charge in [-0.1, -0.05) is 12.1 Å². The van der Waals surface area contributed by atoms with Gasteiger partial charge in [0.1, 0.15) is 0 Å². The molecule has 1 N–H and O–H groups in total. The number of piperidine rings is 1. The molecule has 22 heavy (non-hydrogen) atoms. The van der Waals surface area contributed by atoms with E-state index in [1.165, 1.54) is 6.92 Å². The molecule has 0 bridgehead atoms. The van der Waals surface area contributed by atoms with Crippen molar-refractivity contribution in [3.63, 3.8) is 0 Å². The maximum absolute atomic E-state index is 12.4. The maximum Gasteiger partial charge on any atom is 0.471 e. The zero-order valence-corrected chi connectivity index (χ0v) is 12.1. The van der Waals surface area contributed by atoms with Gasteiger partial charge < -0.3 is 10.2 Å². The number of hydrogen-bond donors (Lipinski definition) is 1. The molecule has 1 heterocycles. The van der Waals surface area contributed by atoms with E-state index >= 15 is 0 Å². The molecule has 0 spiro atoms. The number of nitrogens with one attached hydrogen (secondary N) is 1. The average molecular weight is 314 g/mol. The third kappa shape index (κ3) is 3.99. The van der Waals surface area contributed by atoms with Crippen LogP contribution in [0.2, 0.25) is 0 Å². The van der Waals surface area contributed by atoms with Crippen LogP contribution in [-0.4, -0.2) is 36.0 Å². The van der Waals surface area contributed by atoms with Crippen LogP contribution < -0.4 is 5.32 Å². The van der Waals surface area contributed by atoms with Crippen molar-refractivity contribution in [3.05, 3.63) is 29.8 Å². The Bertz CT molecular complexity index is 547. The summed E-state index contributed by atoms with van der Waals surface area (Å²) < 4.78 is 37.1. The van der Waals surface area contributed by atoms with Gasteiger partial charge in [0, 0.05) is 25.7 Å². The molecule has 1 aliphatic rings. The highest BCUT2D eigenvalue weighted by atomic mass is 19.4. The van der Waals surface area contributed by atoms with Crippen LogP contribution in [0.4, 0.5) is 18.9 Å². The minimum Gasteiger partial charge on any atom is -0.335 e. The van der Waals surface area contributed by atoms with Crippen LogP contribution >= 0.6 is 0 Å². The lowest BCUT2D eigenvalue weighted by molar-refractivity contribution is -0.186. The van der Waals surface area contributed by atoms with E-state index < -0.39 is 12.1 Å². The molecular weight excluding hydrogens is 297 g/mol. The first-order chi connectivity index (χ1) is 10.3. The van der Waals surface area contributed by atoms with Crippen LogP contribution in [-0.2, 0) is 9.59 Å². The molecule has 0 aliphatic carbocycles. The van der Waals surface area contributed by atoms with Crippen molar-refractivity contribution in [2.75, 3.05) is 18.4 Å². The molecule has 0 atom stereocenters. The number of benzene rings is 1. The number of rotatable bonds is 2. The number of likely N-dealkylation sites (tertiary alicyclic amines) is 1. The van der Waals surface area contributed by atoms with Crippen LogP contribution in [0, 0.1) is 0 Å². The van der Waals surface area contributed by atoms with E-state index in [9.17, 15) is 22.8 Å². The molecule has 0 unspecified atom stereocenters. The molecule has 0 aromatic heterocycles. The Kier molecular flexibility index (Phi) is 4.73. The second-order valence-electron chi connectivity index (χ2n) is 5.37. The molecule has 1 aliphatic heterocycles. The molecular formula is C15H17F3N2O2. The number of nitrogens with zero attached hydrogens (tertiary/aromatic N) is 1. The average Bonchev–Trinajstić information content (AvgIpc) is 2.46. The van der Waals surface area contributed by atoms with Crippen LogP contribution in [0.1, 0.15) is 31.2 Å². The second-order valence-corrected chi connectivity index (χ2v) is 5.37. The predicted molar refractivity (Wildman–Crippen MR) is 75.4 cm³/mol. The Morgan fingerprint density at radius 3 is 2.14 bits per heavy atom. The largest absolute Gasteiger partial charge is 0.471 e. The summed E-state index contributed by atoms with van der Waals surface area (Å²) in [5.41, 5.74) is 1.69. The fourth-order valence-electron chi connectivity index (χ4n) is 2.64. The summed E-state index contributed by atoms with van der Waals surface area (Å²) >= 11 is 0. The minimum atomic E-state index is -4.80.